The van der Waals surface area contributed by atoms with Gasteiger partial charge in [-0.05, 0) is 49.3 Å². The fourth-order valence-corrected chi connectivity index (χ4v) is 4.96. The normalized spacial score (nSPS) is 19.0. The molecule has 2 aliphatic carbocycles. The first-order valence-corrected chi connectivity index (χ1v) is 10.2. The van der Waals surface area contributed by atoms with E-state index in [9.17, 15) is 9.36 Å². The fourth-order valence-electron chi connectivity index (χ4n) is 3.02. The Bertz CT molecular complexity index is 783. The molecule has 2 aromatic carbocycles. The van der Waals surface area contributed by atoms with E-state index in [1.165, 1.54) is 0 Å². The van der Waals surface area contributed by atoms with Crippen LogP contribution in [0.5, 0.6) is 0 Å². The summed E-state index contributed by atoms with van der Waals surface area (Å²) in [7, 11) is -3.82. The number of fused-ring (bicyclic) bond motifs is 1. The van der Waals surface area contributed by atoms with Crippen LogP contribution in [0, 0.1) is 0 Å². The molecule has 24 heavy (non-hydrogen) atoms. The molecule has 0 atom stereocenters. The van der Waals surface area contributed by atoms with Crippen molar-refractivity contribution in [3.05, 3.63) is 48.0 Å². The van der Waals surface area contributed by atoms with Crippen LogP contribution in [0.4, 0.5) is 0 Å². The minimum Gasteiger partial charge on any atom is -0.300 e. The summed E-state index contributed by atoms with van der Waals surface area (Å²) in [5, 5.41) is 1.74. The molecule has 0 saturated heterocycles. The highest BCUT2D eigenvalue weighted by atomic mass is 31.2. The van der Waals surface area contributed by atoms with Crippen molar-refractivity contribution in [1.82, 2.24) is 0 Å². The summed E-state index contributed by atoms with van der Waals surface area (Å²) in [5.41, 5.74) is -0.0758. The number of carbonyl (C=O) groups is 1. The van der Waals surface area contributed by atoms with Crippen LogP contribution in [0.25, 0.3) is 10.8 Å². The van der Waals surface area contributed by atoms with Gasteiger partial charge in [0, 0.05) is 5.56 Å². The number of hydrogen-bond donors (Lipinski definition) is 0. The Hall–Kier alpha value is -1.48. The van der Waals surface area contributed by atoms with E-state index in [1.54, 1.807) is 6.07 Å². The van der Waals surface area contributed by atoms with Gasteiger partial charge in [0.2, 0.25) is 0 Å². The fraction of sp³-hybridized carbons (Fsp3) is 0.421. The minimum absolute atomic E-state index is 0.116. The second-order valence-electron chi connectivity index (χ2n) is 6.65. The zero-order valence-corrected chi connectivity index (χ0v) is 14.4. The summed E-state index contributed by atoms with van der Waals surface area (Å²) in [4.78, 5) is 13.1. The lowest BCUT2D eigenvalue weighted by Crippen LogP contribution is -2.27. The molecule has 2 aromatic rings. The van der Waals surface area contributed by atoms with E-state index in [4.69, 9.17) is 9.05 Å². The summed E-state index contributed by atoms with van der Waals surface area (Å²) in [6, 6.07) is 13.1. The number of rotatable bonds is 6. The molecule has 0 aromatic heterocycles. The predicted octanol–water partition coefficient (Wildman–Crippen LogP) is 5.31. The maximum atomic E-state index is 13.4. The van der Waals surface area contributed by atoms with Crippen molar-refractivity contribution in [2.75, 3.05) is 0 Å². The predicted molar refractivity (Wildman–Crippen MR) is 93.3 cm³/mol. The largest absolute Gasteiger partial charge is 0.402 e. The molecule has 0 radical (unpaired) electrons. The Morgan fingerprint density at radius 3 is 2.04 bits per heavy atom. The monoisotopic (exact) mass is 344 g/mol. The lowest BCUT2D eigenvalue weighted by Gasteiger charge is -2.33. The van der Waals surface area contributed by atoms with E-state index in [-0.39, 0.29) is 12.2 Å². The summed E-state index contributed by atoms with van der Waals surface area (Å²) in [6.07, 6.45) is 5.26. The Balaban J connectivity index is 1.70. The maximum Gasteiger partial charge on any atom is 0.402 e. The van der Waals surface area contributed by atoms with Crippen LogP contribution in [-0.4, -0.2) is 17.7 Å². The van der Waals surface area contributed by atoms with Crippen molar-refractivity contribution in [2.45, 2.75) is 50.7 Å². The van der Waals surface area contributed by atoms with Crippen LogP contribution in [0.1, 0.15) is 48.9 Å². The van der Waals surface area contributed by atoms with Crippen LogP contribution in [0.15, 0.2) is 42.5 Å². The van der Waals surface area contributed by atoms with Crippen molar-refractivity contribution >= 4 is 23.9 Å². The molecule has 0 bridgehead atoms. The van der Waals surface area contributed by atoms with Crippen LogP contribution >= 0.6 is 7.60 Å². The molecule has 4 nitrogen and oxygen atoms in total. The molecule has 0 amide bonds. The standard InChI is InChI=1S/C19H21O4P/c20-19(18-13-3-7-14-6-1-2-12-17(14)18)24(21,22-15-8-4-9-15)23-16-10-5-11-16/h1-3,6-7,12-13,15-16H,4-5,8-11H2. The van der Waals surface area contributed by atoms with Crippen molar-refractivity contribution in [1.29, 1.82) is 0 Å². The van der Waals surface area contributed by atoms with Gasteiger partial charge in [0.05, 0.1) is 12.2 Å². The Labute approximate surface area is 141 Å². The van der Waals surface area contributed by atoms with Crippen molar-refractivity contribution in [3.8, 4) is 0 Å². The van der Waals surface area contributed by atoms with Crippen LogP contribution in [0.2, 0.25) is 0 Å². The van der Waals surface area contributed by atoms with E-state index in [2.05, 4.69) is 0 Å². The van der Waals surface area contributed by atoms with E-state index in [0.29, 0.717) is 5.56 Å². The first-order chi connectivity index (χ1) is 11.7. The molecule has 126 valence electrons. The number of hydrogen-bond acceptors (Lipinski definition) is 4. The molecule has 4 rings (SSSR count). The van der Waals surface area contributed by atoms with Gasteiger partial charge in [-0.3, -0.25) is 18.4 Å². The van der Waals surface area contributed by atoms with Crippen LogP contribution < -0.4 is 0 Å². The highest BCUT2D eigenvalue weighted by molar-refractivity contribution is 7.72. The molecule has 0 aliphatic heterocycles. The van der Waals surface area contributed by atoms with Crippen molar-refractivity contribution in [2.24, 2.45) is 0 Å². The molecule has 2 aliphatic rings. The zero-order valence-electron chi connectivity index (χ0n) is 13.5. The molecule has 5 heteroatoms. The van der Waals surface area contributed by atoms with E-state index in [0.717, 1.165) is 49.3 Å². The molecule has 2 saturated carbocycles. The number of benzene rings is 2. The van der Waals surface area contributed by atoms with Gasteiger partial charge in [0.25, 0.3) is 5.52 Å². The first-order valence-electron chi connectivity index (χ1n) is 8.65. The van der Waals surface area contributed by atoms with Gasteiger partial charge < -0.3 is 0 Å². The Kier molecular flexibility index (Phi) is 4.29. The second kappa shape index (κ2) is 6.44. The van der Waals surface area contributed by atoms with Gasteiger partial charge in [0.15, 0.2) is 0 Å². The first kappa shape index (κ1) is 16.0. The molecular weight excluding hydrogens is 323 g/mol. The van der Waals surface area contributed by atoms with Gasteiger partial charge in [0.1, 0.15) is 0 Å². The Morgan fingerprint density at radius 1 is 0.875 bits per heavy atom. The molecule has 0 heterocycles. The molecule has 0 unspecified atom stereocenters. The summed E-state index contributed by atoms with van der Waals surface area (Å²) < 4.78 is 24.8. The van der Waals surface area contributed by atoms with Crippen LogP contribution in [0.3, 0.4) is 0 Å². The quantitative estimate of drug-likeness (QED) is 0.666. The lowest BCUT2D eigenvalue weighted by atomic mass is 9.97. The third kappa shape index (κ3) is 2.95. The average molecular weight is 344 g/mol. The van der Waals surface area contributed by atoms with Gasteiger partial charge in [-0.2, -0.15) is 0 Å². The average Bonchev–Trinajstić information content (AvgIpc) is 2.53. The van der Waals surface area contributed by atoms with Gasteiger partial charge in [-0.1, -0.05) is 42.5 Å². The summed E-state index contributed by atoms with van der Waals surface area (Å²) in [5.74, 6) is 0. The smallest absolute Gasteiger partial charge is 0.300 e. The highest BCUT2D eigenvalue weighted by Gasteiger charge is 2.43. The minimum atomic E-state index is -3.82. The second-order valence-corrected chi connectivity index (χ2v) is 8.47. The molecular formula is C19H21O4P. The van der Waals surface area contributed by atoms with Crippen molar-refractivity contribution in [3.63, 3.8) is 0 Å². The van der Waals surface area contributed by atoms with E-state index >= 15 is 0 Å². The third-order valence-electron chi connectivity index (χ3n) is 4.95. The van der Waals surface area contributed by atoms with E-state index in [1.807, 2.05) is 36.4 Å². The summed E-state index contributed by atoms with van der Waals surface area (Å²) in [6.45, 7) is 0. The van der Waals surface area contributed by atoms with Gasteiger partial charge in [-0.15, -0.1) is 0 Å². The lowest BCUT2D eigenvalue weighted by molar-refractivity contribution is 0.0454. The van der Waals surface area contributed by atoms with Crippen LogP contribution in [-0.2, 0) is 13.6 Å². The van der Waals surface area contributed by atoms with Gasteiger partial charge in [-0.25, -0.2) is 0 Å². The van der Waals surface area contributed by atoms with Gasteiger partial charge >= 0.3 is 7.60 Å². The zero-order chi connectivity index (χ0) is 16.6. The Morgan fingerprint density at radius 2 is 1.46 bits per heavy atom. The van der Waals surface area contributed by atoms with Crippen molar-refractivity contribution < 1.29 is 18.4 Å². The summed E-state index contributed by atoms with van der Waals surface area (Å²) >= 11 is 0. The third-order valence-corrected chi connectivity index (χ3v) is 6.84. The number of carbonyl (C=O) groups excluding carboxylic acids is 1. The molecule has 2 fully saturated rings. The topological polar surface area (TPSA) is 52.6 Å². The SMILES string of the molecule is O=C(c1cccc2ccccc12)P(=O)(OC1CCC1)OC1CCC1. The maximum absolute atomic E-state index is 13.4. The molecule has 0 spiro atoms. The van der Waals surface area contributed by atoms with E-state index < -0.39 is 13.1 Å². The highest BCUT2D eigenvalue weighted by Crippen LogP contribution is 2.57. The molecule has 0 N–H and O–H groups in total.